The van der Waals surface area contributed by atoms with Gasteiger partial charge in [-0.2, -0.15) is 0 Å². The summed E-state index contributed by atoms with van der Waals surface area (Å²) in [7, 11) is -2.41. The van der Waals surface area contributed by atoms with Gasteiger partial charge in [0.05, 0.1) is 5.56 Å². The molecule has 1 atom stereocenters. The van der Waals surface area contributed by atoms with Crippen LogP contribution >= 0.6 is 11.6 Å². The molecule has 176 valence electrons. The lowest BCUT2D eigenvalue weighted by atomic mass is 10.1. The number of likely N-dealkylation sites (N-methyl/N-ethyl adjacent to an activating group) is 1. The summed E-state index contributed by atoms with van der Waals surface area (Å²) in [4.78, 5) is 39.6. The second kappa shape index (κ2) is 10.4. The van der Waals surface area contributed by atoms with E-state index in [4.69, 9.17) is 11.6 Å². The Bertz CT molecular complexity index is 1150. The topological polar surface area (TPSA) is 104 Å². The Kier molecular flexibility index (Phi) is 7.76. The molecule has 0 aromatic heterocycles. The molecule has 10 heteroatoms. The molecule has 3 amide bonds. The Morgan fingerprint density at radius 1 is 1.12 bits per heavy atom. The highest BCUT2D eigenvalue weighted by Gasteiger charge is 2.40. The molecule has 0 aliphatic carbocycles. The van der Waals surface area contributed by atoms with E-state index in [0.717, 1.165) is 9.87 Å². The Balaban J connectivity index is 1.72. The van der Waals surface area contributed by atoms with Crippen LogP contribution in [0.3, 0.4) is 0 Å². The van der Waals surface area contributed by atoms with Gasteiger partial charge in [-0.25, -0.2) is 12.7 Å². The number of sulfonamides is 1. The molecule has 2 aromatic carbocycles. The van der Waals surface area contributed by atoms with Crippen LogP contribution in [0, 0.1) is 0 Å². The molecule has 0 fully saturated rings. The molecule has 1 heterocycles. The summed E-state index contributed by atoms with van der Waals surface area (Å²) in [6.45, 7) is 1.90. The number of hydrogen-bond acceptors (Lipinski definition) is 5. The Morgan fingerprint density at radius 3 is 2.39 bits per heavy atom. The van der Waals surface area contributed by atoms with Crippen molar-refractivity contribution in [3.8, 4) is 0 Å². The number of amides is 3. The van der Waals surface area contributed by atoms with Crippen LogP contribution in [0.25, 0.3) is 0 Å². The van der Waals surface area contributed by atoms with Gasteiger partial charge in [-0.3, -0.25) is 14.4 Å². The van der Waals surface area contributed by atoms with Gasteiger partial charge in [-0.05, 0) is 42.7 Å². The van der Waals surface area contributed by atoms with Gasteiger partial charge in [0, 0.05) is 31.6 Å². The number of nitrogens with one attached hydrogen (secondary N) is 1. The van der Waals surface area contributed by atoms with Crippen molar-refractivity contribution in [2.24, 2.45) is 0 Å². The predicted molar refractivity (Wildman–Crippen MR) is 124 cm³/mol. The number of benzene rings is 2. The molecule has 1 aliphatic heterocycles. The third-order valence-electron chi connectivity index (χ3n) is 5.56. The van der Waals surface area contributed by atoms with Gasteiger partial charge in [-0.1, -0.05) is 42.8 Å². The summed E-state index contributed by atoms with van der Waals surface area (Å²) >= 11 is 5.95. The number of carbonyl (C=O) groups excluding carboxylic acids is 3. The molecular weight excluding hydrogens is 466 g/mol. The maximum absolute atomic E-state index is 13.1. The molecule has 1 N–H and O–H groups in total. The fourth-order valence-electron chi connectivity index (χ4n) is 3.84. The van der Waals surface area contributed by atoms with E-state index in [0.29, 0.717) is 11.4 Å². The van der Waals surface area contributed by atoms with E-state index < -0.39 is 22.0 Å². The monoisotopic (exact) mass is 491 g/mol. The first-order chi connectivity index (χ1) is 15.7. The normalized spacial score (nSPS) is 15.1. The van der Waals surface area contributed by atoms with E-state index in [2.05, 4.69) is 5.32 Å². The number of carbonyl (C=O) groups is 3. The highest BCUT2D eigenvalue weighted by molar-refractivity contribution is 7.90. The van der Waals surface area contributed by atoms with E-state index in [1.807, 2.05) is 6.92 Å². The van der Waals surface area contributed by atoms with Crippen LogP contribution in [-0.2, 0) is 26.2 Å². The fraction of sp³-hybridized carbons (Fsp3) is 0.348. The van der Waals surface area contributed by atoms with Gasteiger partial charge < -0.3 is 10.2 Å². The van der Waals surface area contributed by atoms with Crippen LogP contribution in [0.5, 0.6) is 0 Å². The van der Waals surface area contributed by atoms with Crippen molar-refractivity contribution < 1.29 is 22.8 Å². The van der Waals surface area contributed by atoms with Gasteiger partial charge in [-0.15, -0.1) is 0 Å². The van der Waals surface area contributed by atoms with Gasteiger partial charge in [0.1, 0.15) is 10.9 Å². The first-order valence-electron chi connectivity index (χ1n) is 10.6. The number of rotatable bonds is 9. The molecule has 0 bridgehead atoms. The Hall–Kier alpha value is -2.91. The number of hydrogen-bond donors (Lipinski definition) is 1. The number of fused-ring (bicyclic) bond motifs is 1. The van der Waals surface area contributed by atoms with E-state index in [9.17, 15) is 22.8 Å². The van der Waals surface area contributed by atoms with E-state index in [1.165, 1.54) is 24.1 Å². The van der Waals surface area contributed by atoms with Crippen LogP contribution in [0.4, 0.5) is 0 Å². The van der Waals surface area contributed by atoms with E-state index in [1.54, 1.807) is 36.4 Å². The predicted octanol–water partition coefficient (Wildman–Crippen LogP) is 2.82. The zero-order valence-corrected chi connectivity index (χ0v) is 20.0. The minimum absolute atomic E-state index is 0.0171. The highest BCUT2D eigenvalue weighted by Crippen LogP contribution is 2.30. The van der Waals surface area contributed by atoms with Gasteiger partial charge in [0.15, 0.2) is 0 Å². The summed E-state index contributed by atoms with van der Waals surface area (Å²) in [5, 5.41) is 3.15. The second-order valence-corrected chi connectivity index (χ2v) is 9.94. The molecule has 3 rings (SSSR count). The Labute approximate surface area is 198 Å². The first kappa shape index (κ1) is 24.7. The lowest BCUT2D eigenvalue weighted by molar-refractivity contribution is -0.141. The van der Waals surface area contributed by atoms with Crippen molar-refractivity contribution in [1.82, 2.24) is 14.5 Å². The van der Waals surface area contributed by atoms with Crippen LogP contribution < -0.4 is 5.32 Å². The highest BCUT2D eigenvalue weighted by atomic mass is 35.5. The molecule has 0 spiro atoms. The fourth-order valence-corrected chi connectivity index (χ4v) is 5.58. The van der Waals surface area contributed by atoms with Crippen molar-refractivity contribution in [3.63, 3.8) is 0 Å². The summed E-state index contributed by atoms with van der Waals surface area (Å²) in [5.41, 5.74) is 0.946. The average molecular weight is 492 g/mol. The average Bonchev–Trinajstić information content (AvgIpc) is 3.00. The lowest BCUT2D eigenvalue weighted by Crippen LogP contribution is -2.48. The maximum Gasteiger partial charge on any atom is 0.269 e. The molecule has 1 aliphatic rings. The summed E-state index contributed by atoms with van der Waals surface area (Å²) in [6.07, 6.45) is 0.531. The molecule has 0 saturated heterocycles. The largest absolute Gasteiger partial charge is 0.357 e. The van der Waals surface area contributed by atoms with Crippen LogP contribution in [0.1, 0.15) is 42.1 Å². The molecule has 33 heavy (non-hydrogen) atoms. The minimum atomic E-state index is -3.92. The summed E-state index contributed by atoms with van der Waals surface area (Å²) in [6, 6.07) is 12.4. The molecule has 0 radical (unpaired) electrons. The van der Waals surface area contributed by atoms with Crippen LogP contribution in [-0.4, -0.2) is 55.0 Å². The van der Waals surface area contributed by atoms with Crippen molar-refractivity contribution >= 4 is 39.3 Å². The number of nitrogens with zero attached hydrogens (tertiary/aromatic N) is 2. The Morgan fingerprint density at radius 2 is 1.79 bits per heavy atom. The standard InChI is InChI=1S/C23H26ClN3O5S/c1-3-19(22(29)25-2)26(15-16-10-12-17(24)13-11-16)21(28)9-6-14-27-23(30)18-7-4-5-8-20(18)33(27,31)32/h4-5,7-8,10-13,19H,3,6,9,14-15H2,1-2H3,(H,25,29)/t19-/m1/s1. The maximum atomic E-state index is 13.1. The molecular formula is C23H26ClN3O5S. The lowest BCUT2D eigenvalue weighted by Gasteiger charge is -2.30. The van der Waals surface area contributed by atoms with Gasteiger partial charge >= 0.3 is 0 Å². The van der Waals surface area contributed by atoms with Crippen LogP contribution in [0.15, 0.2) is 53.4 Å². The van der Waals surface area contributed by atoms with Gasteiger partial charge in [0.25, 0.3) is 15.9 Å². The first-order valence-corrected chi connectivity index (χ1v) is 12.4. The van der Waals surface area contributed by atoms with Gasteiger partial charge in [0.2, 0.25) is 11.8 Å². The van der Waals surface area contributed by atoms with Crippen molar-refractivity contribution in [2.45, 2.75) is 43.7 Å². The molecule has 0 unspecified atom stereocenters. The zero-order valence-electron chi connectivity index (χ0n) is 18.5. The molecule has 0 saturated carbocycles. The molecule has 2 aromatic rings. The van der Waals surface area contributed by atoms with E-state index >= 15 is 0 Å². The quantitative estimate of drug-likeness (QED) is 0.581. The summed E-state index contributed by atoms with van der Waals surface area (Å²) in [5.74, 6) is -1.18. The number of halogens is 1. The van der Waals surface area contributed by atoms with Crippen molar-refractivity contribution in [3.05, 3.63) is 64.7 Å². The SMILES string of the molecule is CC[C@H](C(=O)NC)N(Cc1ccc(Cl)cc1)C(=O)CCCN1C(=O)c2ccccc2S1(=O)=O. The van der Waals surface area contributed by atoms with E-state index in [-0.39, 0.29) is 48.2 Å². The zero-order chi connectivity index (χ0) is 24.2. The third kappa shape index (κ3) is 5.20. The summed E-state index contributed by atoms with van der Waals surface area (Å²) < 4.78 is 26.2. The minimum Gasteiger partial charge on any atom is -0.357 e. The third-order valence-corrected chi connectivity index (χ3v) is 7.65. The van der Waals surface area contributed by atoms with Crippen LogP contribution in [0.2, 0.25) is 5.02 Å². The molecule has 8 nitrogen and oxygen atoms in total. The van der Waals surface area contributed by atoms with Crippen molar-refractivity contribution in [1.29, 1.82) is 0 Å². The second-order valence-electron chi connectivity index (χ2n) is 7.67. The smallest absolute Gasteiger partial charge is 0.269 e. The van der Waals surface area contributed by atoms with Crippen molar-refractivity contribution in [2.75, 3.05) is 13.6 Å².